The minimum atomic E-state index is -4.05. The van der Waals surface area contributed by atoms with Gasteiger partial charge in [-0.1, -0.05) is 47.5 Å². The molecule has 0 aliphatic rings. The van der Waals surface area contributed by atoms with E-state index in [-0.39, 0.29) is 86.2 Å². The first-order valence-electron chi connectivity index (χ1n) is 17.0. The SMILES string of the molecule is Cc1ccc(S(=O)(=O)CC(CS(=O)(=O)c2ccc(C)cc2)C(=O)c2ccc(C(=O)NCCOCCOCC(=O)NCCOCCOCC(=O)O)cc2)cc1. The van der Waals surface area contributed by atoms with Crippen LogP contribution in [0.15, 0.2) is 82.6 Å². The van der Waals surface area contributed by atoms with Gasteiger partial charge in [-0.2, -0.15) is 0 Å². The van der Waals surface area contributed by atoms with Crippen LogP contribution in [0.4, 0.5) is 0 Å². The molecule has 0 spiro atoms. The van der Waals surface area contributed by atoms with Crippen molar-refractivity contribution >= 4 is 43.2 Å². The molecule has 0 atom stereocenters. The molecule has 54 heavy (non-hydrogen) atoms. The summed E-state index contributed by atoms with van der Waals surface area (Å²) in [5, 5.41) is 13.7. The van der Waals surface area contributed by atoms with E-state index in [2.05, 4.69) is 10.6 Å². The van der Waals surface area contributed by atoms with E-state index >= 15 is 0 Å². The molecule has 3 aromatic rings. The third-order valence-electron chi connectivity index (χ3n) is 7.71. The standard InChI is InChI=1S/C37H46N2O13S2/c1-27-3-11-32(12-4-27)53(45,46)25-31(26-54(47,48)33-13-5-28(2)6-14-33)36(43)29-7-9-30(10-8-29)37(44)39-16-18-50-19-21-51-23-34(40)38-15-17-49-20-22-52-24-35(41)42/h3-14,31H,15-26H2,1-2H3,(H,38,40)(H,39,44)(H,41,42). The van der Waals surface area contributed by atoms with Gasteiger partial charge in [0.2, 0.25) is 5.91 Å². The fourth-order valence-electron chi connectivity index (χ4n) is 4.85. The van der Waals surface area contributed by atoms with Crippen LogP contribution in [0.2, 0.25) is 0 Å². The lowest BCUT2D eigenvalue weighted by atomic mass is 9.99. The van der Waals surface area contributed by atoms with Crippen molar-refractivity contribution in [3.63, 3.8) is 0 Å². The molecule has 0 radical (unpaired) electrons. The fraction of sp³-hybridized carbons (Fsp3) is 0.405. The number of rotatable bonds is 25. The maximum absolute atomic E-state index is 13.7. The first-order valence-corrected chi connectivity index (χ1v) is 20.3. The molecular formula is C37H46N2O13S2. The highest BCUT2D eigenvalue weighted by atomic mass is 32.2. The molecule has 0 aromatic heterocycles. The molecule has 0 aliphatic carbocycles. The van der Waals surface area contributed by atoms with Gasteiger partial charge in [-0.05, 0) is 50.2 Å². The molecule has 2 amide bonds. The lowest BCUT2D eigenvalue weighted by Crippen LogP contribution is -2.31. The molecule has 0 fully saturated rings. The number of Topliss-reactive ketones (excluding diaryl/α,β-unsaturated/α-hetero) is 1. The van der Waals surface area contributed by atoms with Crippen LogP contribution < -0.4 is 10.6 Å². The Bertz CT molecular complexity index is 1820. The van der Waals surface area contributed by atoms with Crippen LogP contribution in [0, 0.1) is 19.8 Å². The van der Waals surface area contributed by atoms with Crippen molar-refractivity contribution in [2.75, 3.05) is 77.5 Å². The van der Waals surface area contributed by atoms with Gasteiger partial charge in [0, 0.05) is 24.2 Å². The summed E-state index contributed by atoms with van der Waals surface area (Å²) in [7, 11) is -8.10. The zero-order chi connectivity index (χ0) is 39.6. The van der Waals surface area contributed by atoms with Gasteiger partial charge in [0.15, 0.2) is 25.5 Å². The number of aliphatic carboxylic acids is 1. The van der Waals surface area contributed by atoms with E-state index in [9.17, 15) is 36.0 Å². The van der Waals surface area contributed by atoms with E-state index in [1.807, 2.05) is 0 Å². The molecule has 0 unspecified atom stereocenters. The maximum atomic E-state index is 13.7. The summed E-state index contributed by atoms with van der Waals surface area (Å²) in [6, 6.07) is 17.7. The van der Waals surface area contributed by atoms with Gasteiger partial charge >= 0.3 is 5.97 Å². The van der Waals surface area contributed by atoms with Crippen LogP contribution in [0.5, 0.6) is 0 Å². The summed E-state index contributed by atoms with van der Waals surface area (Å²) in [5.74, 6) is -5.45. The number of nitrogens with one attached hydrogen (secondary N) is 2. The number of ketones is 1. The van der Waals surface area contributed by atoms with Crippen molar-refractivity contribution < 1.29 is 60.1 Å². The first-order chi connectivity index (χ1) is 25.7. The molecular weight excluding hydrogens is 745 g/mol. The molecule has 294 valence electrons. The number of carboxylic acids is 1. The van der Waals surface area contributed by atoms with Gasteiger partial charge in [-0.15, -0.1) is 0 Å². The van der Waals surface area contributed by atoms with Crippen molar-refractivity contribution in [3.8, 4) is 0 Å². The predicted molar refractivity (Wildman–Crippen MR) is 197 cm³/mol. The number of carboxylic acid groups (broad SMARTS) is 1. The van der Waals surface area contributed by atoms with Gasteiger partial charge in [-0.3, -0.25) is 14.4 Å². The van der Waals surface area contributed by atoms with Gasteiger partial charge in [0.1, 0.15) is 13.2 Å². The Hall–Kier alpha value is -4.52. The largest absolute Gasteiger partial charge is 0.480 e. The summed E-state index contributed by atoms with van der Waals surface area (Å²) in [6.45, 7) is 4.41. The number of hydrogen-bond acceptors (Lipinski definition) is 12. The average Bonchev–Trinajstić information content (AvgIpc) is 3.13. The predicted octanol–water partition coefficient (Wildman–Crippen LogP) is 2.05. The number of carbonyl (C=O) groups excluding carboxylic acids is 3. The monoisotopic (exact) mass is 790 g/mol. The van der Waals surface area contributed by atoms with E-state index in [1.54, 1.807) is 38.1 Å². The van der Waals surface area contributed by atoms with Gasteiger partial charge in [-0.25, -0.2) is 21.6 Å². The Morgan fingerprint density at radius 3 is 1.48 bits per heavy atom. The second-order valence-electron chi connectivity index (χ2n) is 12.2. The quantitative estimate of drug-likeness (QED) is 0.0828. The minimum absolute atomic E-state index is 0.0237. The normalized spacial score (nSPS) is 11.7. The van der Waals surface area contributed by atoms with Gasteiger partial charge in [0.25, 0.3) is 5.91 Å². The van der Waals surface area contributed by atoms with Crippen molar-refractivity contribution in [1.29, 1.82) is 0 Å². The van der Waals surface area contributed by atoms with Crippen molar-refractivity contribution in [2.45, 2.75) is 23.6 Å². The second-order valence-corrected chi connectivity index (χ2v) is 16.2. The van der Waals surface area contributed by atoms with Gasteiger partial charge < -0.3 is 34.7 Å². The second kappa shape index (κ2) is 22.0. The highest BCUT2D eigenvalue weighted by molar-refractivity contribution is 7.92. The molecule has 0 aliphatic heterocycles. The number of hydrogen-bond donors (Lipinski definition) is 3. The van der Waals surface area contributed by atoms with Crippen LogP contribution in [-0.2, 0) is 48.2 Å². The summed E-state index contributed by atoms with van der Waals surface area (Å²) in [5.41, 5.74) is 1.95. The lowest BCUT2D eigenvalue weighted by Gasteiger charge is -2.17. The Morgan fingerprint density at radius 1 is 0.574 bits per heavy atom. The summed E-state index contributed by atoms with van der Waals surface area (Å²) >= 11 is 0. The van der Waals surface area contributed by atoms with Crippen LogP contribution in [0.25, 0.3) is 0 Å². The van der Waals surface area contributed by atoms with Crippen LogP contribution in [0.3, 0.4) is 0 Å². The Balaban J connectivity index is 1.45. The van der Waals surface area contributed by atoms with Crippen LogP contribution in [-0.4, -0.2) is 123 Å². The zero-order valence-electron chi connectivity index (χ0n) is 30.2. The highest BCUT2D eigenvalue weighted by Crippen LogP contribution is 2.23. The third-order valence-corrected chi connectivity index (χ3v) is 11.4. The molecule has 0 bridgehead atoms. The minimum Gasteiger partial charge on any atom is -0.480 e. The molecule has 17 heteroatoms. The van der Waals surface area contributed by atoms with Crippen molar-refractivity contribution in [1.82, 2.24) is 10.6 Å². The number of amides is 2. The number of sulfone groups is 2. The summed E-state index contributed by atoms with van der Waals surface area (Å²) in [6.07, 6.45) is 0. The van der Waals surface area contributed by atoms with E-state index in [4.69, 9.17) is 24.1 Å². The van der Waals surface area contributed by atoms with E-state index in [1.165, 1.54) is 48.5 Å². The highest BCUT2D eigenvalue weighted by Gasteiger charge is 2.33. The van der Waals surface area contributed by atoms with Gasteiger partial charge in [0.05, 0.1) is 66.9 Å². The molecule has 3 aromatic carbocycles. The molecule has 0 saturated carbocycles. The average molecular weight is 791 g/mol. The molecule has 0 heterocycles. The number of benzene rings is 3. The Morgan fingerprint density at radius 2 is 1.00 bits per heavy atom. The fourth-order valence-corrected chi connectivity index (χ4v) is 8.08. The number of aryl methyl sites for hydroxylation is 2. The van der Waals surface area contributed by atoms with E-state index in [0.29, 0.717) is 0 Å². The topological polar surface area (TPSA) is 218 Å². The molecule has 0 saturated heterocycles. The third kappa shape index (κ3) is 15.5. The van der Waals surface area contributed by atoms with Crippen LogP contribution in [0.1, 0.15) is 31.8 Å². The number of ether oxygens (including phenoxy) is 4. The van der Waals surface area contributed by atoms with E-state index in [0.717, 1.165) is 11.1 Å². The zero-order valence-corrected chi connectivity index (χ0v) is 31.8. The smallest absolute Gasteiger partial charge is 0.329 e. The molecule has 3 rings (SSSR count). The van der Waals surface area contributed by atoms with E-state index < -0.39 is 61.4 Å². The Labute approximate surface area is 315 Å². The van der Waals surface area contributed by atoms with Crippen LogP contribution >= 0.6 is 0 Å². The first kappa shape index (κ1) is 43.9. The Kier molecular flexibility index (Phi) is 17.9. The van der Waals surface area contributed by atoms with Crippen molar-refractivity contribution in [3.05, 3.63) is 95.1 Å². The number of carbonyl (C=O) groups is 4. The lowest BCUT2D eigenvalue weighted by molar-refractivity contribution is -0.142. The molecule has 3 N–H and O–H groups in total. The summed E-state index contributed by atoms with van der Waals surface area (Å²) in [4.78, 5) is 48.5. The van der Waals surface area contributed by atoms with Crippen molar-refractivity contribution in [2.24, 2.45) is 5.92 Å². The summed E-state index contributed by atoms with van der Waals surface area (Å²) < 4.78 is 74.1. The maximum Gasteiger partial charge on any atom is 0.329 e. The molecule has 15 nitrogen and oxygen atoms in total.